The van der Waals surface area contributed by atoms with E-state index in [0.29, 0.717) is 6.10 Å². The zero-order chi connectivity index (χ0) is 11.0. The van der Waals surface area contributed by atoms with Gasteiger partial charge in [0, 0.05) is 13.1 Å². The van der Waals surface area contributed by atoms with Gasteiger partial charge < -0.3 is 14.6 Å². The summed E-state index contributed by atoms with van der Waals surface area (Å²) in [7, 11) is 0. The number of H-pyrrole nitrogens is 1. The van der Waals surface area contributed by atoms with E-state index in [9.17, 15) is 0 Å². The summed E-state index contributed by atoms with van der Waals surface area (Å²) < 4.78 is 5.55. The molecule has 0 bridgehead atoms. The fraction of sp³-hybridized carbons (Fsp3) is 0.417. The Morgan fingerprint density at radius 2 is 2.44 bits per heavy atom. The molecule has 0 spiro atoms. The number of fused-ring (bicyclic) bond motifs is 1. The van der Waals surface area contributed by atoms with Crippen LogP contribution in [0.3, 0.4) is 0 Å². The number of imidazole rings is 1. The van der Waals surface area contributed by atoms with Crippen molar-refractivity contribution in [3.8, 4) is 0 Å². The molecule has 1 aromatic heterocycles. The lowest BCUT2D eigenvalue weighted by Crippen LogP contribution is -2.41. The number of hydrogen-bond acceptors (Lipinski definition) is 3. The zero-order valence-electron chi connectivity index (χ0n) is 9.31. The molecule has 1 aliphatic rings. The van der Waals surface area contributed by atoms with Gasteiger partial charge in [-0.1, -0.05) is 6.07 Å². The van der Waals surface area contributed by atoms with Crippen molar-refractivity contribution in [2.24, 2.45) is 0 Å². The van der Waals surface area contributed by atoms with E-state index in [4.69, 9.17) is 4.74 Å². The molecule has 1 atom stereocenters. The number of nitrogens with one attached hydrogen (secondary N) is 1. The van der Waals surface area contributed by atoms with Crippen molar-refractivity contribution >= 4 is 16.7 Å². The monoisotopic (exact) mass is 217 g/mol. The summed E-state index contributed by atoms with van der Waals surface area (Å²) in [5, 5.41) is 0. The van der Waals surface area contributed by atoms with E-state index in [1.54, 1.807) is 6.33 Å². The van der Waals surface area contributed by atoms with E-state index in [1.807, 2.05) is 0 Å². The summed E-state index contributed by atoms with van der Waals surface area (Å²) in [6, 6.07) is 6.24. The van der Waals surface area contributed by atoms with E-state index in [-0.39, 0.29) is 0 Å². The maximum atomic E-state index is 5.55. The molecule has 0 radical (unpaired) electrons. The van der Waals surface area contributed by atoms with Gasteiger partial charge in [-0.3, -0.25) is 0 Å². The molecule has 4 heteroatoms. The number of rotatable bonds is 1. The molecule has 2 heterocycles. The number of hydrogen-bond donors (Lipinski definition) is 1. The minimum atomic E-state index is 0.294. The second kappa shape index (κ2) is 3.79. The molecule has 1 aromatic carbocycles. The Bertz CT molecular complexity index is 494. The first-order valence-corrected chi connectivity index (χ1v) is 5.63. The summed E-state index contributed by atoms with van der Waals surface area (Å²) in [6.45, 7) is 4.78. The van der Waals surface area contributed by atoms with Crippen LogP contribution in [-0.4, -0.2) is 35.8 Å². The van der Waals surface area contributed by atoms with Gasteiger partial charge >= 0.3 is 0 Å². The third-order valence-electron chi connectivity index (χ3n) is 3.01. The summed E-state index contributed by atoms with van der Waals surface area (Å²) in [4.78, 5) is 9.87. The molecule has 1 fully saturated rings. The first-order chi connectivity index (χ1) is 7.84. The number of nitrogens with zero attached hydrogens (tertiary/aromatic N) is 2. The van der Waals surface area contributed by atoms with Crippen molar-refractivity contribution in [3.63, 3.8) is 0 Å². The number of morpholine rings is 1. The lowest BCUT2D eigenvalue weighted by atomic mass is 10.2. The molecule has 1 unspecified atom stereocenters. The summed E-state index contributed by atoms with van der Waals surface area (Å²) in [5.74, 6) is 0. The molecule has 0 amide bonds. The van der Waals surface area contributed by atoms with Gasteiger partial charge in [0.25, 0.3) is 0 Å². The van der Waals surface area contributed by atoms with Gasteiger partial charge in [-0.15, -0.1) is 0 Å². The van der Waals surface area contributed by atoms with Gasteiger partial charge in [0.05, 0.1) is 30.2 Å². The van der Waals surface area contributed by atoms with Crippen molar-refractivity contribution in [1.82, 2.24) is 9.97 Å². The minimum absolute atomic E-state index is 0.294. The molecule has 4 nitrogen and oxygen atoms in total. The predicted molar refractivity (Wildman–Crippen MR) is 63.7 cm³/mol. The van der Waals surface area contributed by atoms with Gasteiger partial charge in [-0.2, -0.15) is 0 Å². The van der Waals surface area contributed by atoms with E-state index in [0.717, 1.165) is 30.7 Å². The van der Waals surface area contributed by atoms with E-state index in [1.165, 1.54) is 5.69 Å². The van der Waals surface area contributed by atoms with Crippen molar-refractivity contribution in [1.29, 1.82) is 0 Å². The smallest absolute Gasteiger partial charge is 0.112 e. The average molecular weight is 217 g/mol. The quantitative estimate of drug-likeness (QED) is 0.791. The number of ether oxygens (including phenoxy) is 1. The molecule has 0 saturated carbocycles. The molecular weight excluding hydrogens is 202 g/mol. The fourth-order valence-electron chi connectivity index (χ4n) is 2.24. The number of anilines is 1. The van der Waals surface area contributed by atoms with Crippen LogP contribution < -0.4 is 4.90 Å². The van der Waals surface area contributed by atoms with Crippen LogP contribution >= 0.6 is 0 Å². The van der Waals surface area contributed by atoms with Crippen molar-refractivity contribution < 1.29 is 4.74 Å². The molecule has 3 rings (SSSR count). The van der Waals surface area contributed by atoms with E-state index < -0.39 is 0 Å². The van der Waals surface area contributed by atoms with Gasteiger partial charge in [0.2, 0.25) is 0 Å². The second-order valence-corrected chi connectivity index (χ2v) is 4.20. The molecule has 1 aliphatic heterocycles. The number of para-hydroxylation sites is 1. The van der Waals surface area contributed by atoms with Crippen molar-refractivity contribution in [2.75, 3.05) is 24.6 Å². The molecule has 0 aliphatic carbocycles. The van der Waals surface area contributed by atoms with Gasteiger partial charge in [0.15, 0.2) is 0 Å². The third-order valence-corrected chi connectivity index (χ3v) is 3.01. The Morgan fingerprint density at radius 3 is 3.31 bits per heavy atom. The average Bonchev–Trinajstić information content (AvgIpc) is 2.76. The minimum Gasteiger partial charge on any atom is -0.375 e. The summed E-state index contributed by atoms with van der Waals surface area (Å²) >= 11 is 0. The highest BCUT2D eigenvalue weighted by Gasteiger charge is 2.19. The standard InChI is InChI=1S/C12H15N3O/c1-9-7-15(5-6-16-9)11-4-2-3-10-12(11)14-8-13-10/h2-4,8-9H,5-7H2,1H3,(H,13,14). The van der Waals surface area contributed by atoms with Crippen LogP contribution in [0.4, 0.5) is 5.69 Å². The largest absolute Gasteiger partial charge is 0.375 e. The Labute approximate surface area is 94.2 Å². The fourth-order valence-corrected chi connectivity index (χ4v) is 2.24. The maximum absolute atomic E-state index is 5.55. The highest BCUT2D eigenvalue weighted by molar-refractivity contribution is 5.88. The Morgan fingerprint density at radius 1 is 1.50 bits per heavy atom. The second-order valence-electron chi connectivity index (χ2n) is 4.20. The third kappa shape index (κ3) is 1.55. The predicted octanol–water partition coefficient (Wildman–Crippen LogP) is 1.79. The van der Waals surface area contributed by atoms with Crippen LogP contribution in [0.1, 0.15) is 6.92 Å². The maximum Gasteiger partial charge on any atom is 0.112 e. The van der Waals surface area contributed by atoms with Crippen LogP contribution in [0.15, 0.2) is 24.5 Å². The first-order valence-electron chi connectivity index (χ1n) is 5.63. The normalized spacial score (nSPS) is 21.6. The van der Waals surface area contributed by atoms with Crippen molar-refractivity contribution in [3.05, 3.63) is 24.5 Å². The lowest BCUT2D eigenvalue weighted by Gasteiger charge is -2.33. The first kappa shape index (κ1) is 9.66. The van der Waals surface area contributed by atoms with Gasteiger partial charge in [-0.25, -0.2) is 4.98 Å². The number of aromatic amines is 1. The van der Waals surface area contributed by atoms with Gasteiger partial charge in [0.1, 0.15) is 5.52 Å². The SMILES string of the molecule is CC1CN(c2cccc3[nH]cnc23)CCO1. The molecule has 1 N–H and O–H groups in total. The Hall–Kier alpha value is -1.55. The molecule has 1 saturated heterocycles. The summed E-state index contributed by atoms with van der Waals surface area (Å²) in [6.07, 6.45) is 2.04. The Kier molecular flexibility index (Phi) is 2.29. The molecular formula is C12H15N3O. The van der Waals surface area contributed by atoms with Crippen molar-refractivity contribution in [2.45, 2.75) is 13.0 Å². The van der Waals surface area contributed by atoms with Crippen LogP contribution in [-0.2, 0) is 4.74 Å². The zero-order valence-corrected chi connectivity index (χ0v) is 9.31. The van der Waals surface area contributed by atoms with E-state index in [2.05, 4.69) is 40.0 Å². The highest BCUT2D eigenvalue weighted by atomic mass is 16.5. The highest BCUT2D eigenvalue weighted by Crippen LogP contribution is 2.25. The number of aromatic nitrogens is 2. The van der Waals surface area contributed by atoms with Crippen LogP contribution in [0, 0.1) is 0 Å². The van der Waals surface area contributed by atoms with Gasteiger partial charge in [-0.05, 0) is 19.1 Å². The van der Waals surface area contributed by atoms with Crippen LogP contribution in [0.2, 0.25) is 0 Å². The number of benzene rings is 1. The lowest BCUT2D eigenvalue weighted by molar-refractivity contribution is 0.0533. The van der Waals surface area contributed by atoms with Crippen LogP contribution in [0.5, 0.6) is 0 Å². The molecule has 84 valence electrons. The molecule has 2 aromatic rings. The topological polar surface area (TPSA) is 41.2 Å². The van der Waals surface area contributed by atoms with Crippen LogP contribution in [0.25, 0.3) is 11.0 Å². The Balaban J connectivity index is 2.01. The molecule has 16 heavy (non-hydrogen) atoms. The van der Waals surface area contributed by atoms with E-state index >= 15 is 0 Å². The summed E-state index contributed by atoms with van der Waals surface area (Å²) in [5.41, 5.74) is 3.35.